The van der Waals surface area contributed by atoms with Crippen LogP contribution in [0.1, 0.15) is 22.8 Å². The molecular weight excluding hydrogens is 334 g/mol. The molecule has 1 heterocycles. The molecule has 1 unspecified atom stereocenters. The Morgan fingerprint density at radius 3 is 2.29 bits per heavy atom. The lowest BCUT2D eigenvalue weighted by Crippen LogP contribution is -2.05. The van der Waals surface area contributed by atoms with Crippen LogP contribution in [0.15, 0.2) is 88.8 Å². The molecule has 3 heteroatoms. The largest absolute Gasteiger partial charge is 0.252 e. The summed E-state index contributed by atoms with van der Waals surface area (Å²) in [5, 5.41) is 1.07. The number of benzene rings is 3. The summed E-state index contributed by atoms with van der Waals surface area (Å²) >= 11 is 8.28. The van der Waals surface area contributed by atoms with Crippen molar-refractivity contribution in [1.29, 1.82) is 0 Å². The highest BCUT2D eigenvalue weighted by molar-refractivity contribution is 7.99. The van der Waals surface area contributed by atoms with Crippen molar-refractivity contribution < 1.29 is 0 Å². The second kappa shape index (κ2) is 6.84. The van der Waals surface area contributed by atoms with Gasteiger partial charge in [-0.15, -0.1) is 11.8 Å². The van der Waals surface area contributed by atoms with Crippen molar-refractivity contribution in [2.45, 2.75) is 16.6 Å². The van der Waals surface area contributed by atoms with E-state index in [-0.39, 0.29) is 0 Å². The third-order valence-corrected chi connectivity index (χ3v) is 5.93. The van der Waals surface area contributed by atoms with Gasteiger partial charge >= 0.3 is 0 Å². The minimum Gasteiger partial charge on any atom is -0.252 e. The van der Waals surface area contributed by atoms with Gasteiger partial charge in [-0.2, -0.15) is 0 Å². The second-order valence-corrected chi connectivity index (χ2v) is 7.35. The van der Waals surface area contributed by atoms with Crippen LogP contribution in [0.4, 0.5) is 5.69 Å². The summed E-state index contributed by atoms with van der Waals surface area (Å²) in [5.74, 6) is 0. The van der Waals surface area contributed by atoms with Crippen molar-refractivity contribution in [2.75, 3.05) is 0 Å². The van der Waals surface area contributed by atoms with E-state index in [0.29, 0.717) is 5.25 Å². The van der Waals surface area contributed by atoms with E-state index in [9.17, 15) is 0 Å². The zero-order chi connectivity index (χ0) is 16.4. The second-order valence-electron chi connectivity index (χ2n) is 5.73. The first kappa shape index (κ1) is 15.5. The molecule has 3 aromatic carbocycles. The topological polar surface area (TPSA) is 12.4 Å². The molecule has 0 aromatic heterocycles. The summed E-state index contributed by atoms with van der Waals surface area (Å²) in [4.78, 5) is 6.03. The molecule has 0 amide bonds. The zero-order valence-corrected chi connectivity index (χ0v) is 14.6. The Balaban J connectivity index is 1.84. The van der Waals surface area contributed by atoms with Crippen molar-refractivity contribution in [3.8, 4) is 0 Å². The molecule has 1 aliphatic heterocycles. The van der Waals surface area contributed by atoms with Gasteiger partial charge in [-0.3, -0.25) is 4.99 Å². The number of thioether (sulfide) groups is 1. The molecule has 4 rings (SSSR count). The smallest absolute Gasteiger partial charge is 0.0784 e. The average molecular weight is 350 g/mol. The predicted octanol–water partition coefficient (Wildman–Crippen LogP) is 6.70. The number of rotatable bonds is 2. The van der Waals surface area contributed by atoms with Crippen LogP contribution in [-0.4, -0.2) is 5.71 Å². The highest BCUT2D eigenvalue weighted by Gasteiger charge is 2.23. The van der Waals surface area contributed by atoms with Crippen molar-refractivity contribution >= 4 is 34.8 Å². The van der Waals surface area contributed by atoms with E-state index in [1.54, 1.807) is 0 Å². The molecule has 0 aliphatic carbocycles. The number of halogens is 1. The van der Waals surface area contributed by atoms with Crippen LogP contribution in [0.25, 0.3) is 0 Å². The molecule has 0 spiro atoms. The van der Waals surface area contributed by atoms with Gasteiger partial charge in [0.2, 0.25) is 0 Å². The van der Waals surface area contributed by atoms with Crippen molar-refractivity contribution in [3.63, 3.8) is 0 Å². The van der Waals surface area contributed by atoms with Gasteiger partial charge in [0.05, 0.1) is 15.6 Å². The molecule has 3 aromatic rings. The molecule has 0 radical (unpaired) electrons. The van der Waals surface area contributed by atoms with Gasteiger partial charge < -0.3 is 0 Å². The average Bonchev–Trinajstić information content (AvgIpc) is 2.84. The van der Waals surface area contributed by atoms with Crippen LogP contribution < -0.4 is 0 Å². The Kier molecular flexibility index (Phi) is 4.42. The summed E-state index contributed by atoms with van der Waals surface area (Å²) in [6.07, 6.45) is 0.879. The minimum absolute atomic E-state index is 0.298. The van der Waals surface area contributed by atoms with E-state index in [1.807, 2.05) is 36.0 Å². The number of nitrogens with zero attached hydrogens (tertiary/aromatic N) is 1. The fourth-order valence-corrected chi connectivity index (χ4v) is 4.46. The fourth-order valence-electron chi connectivity index (χ4n) is 2.92. The molecule has 0 fully saturated rings. The Bertz CT molecular complexity index is 875. The van der Waals surface area contributed by atoms with Crippen molar-refractivity contribution in [3.05, 3.63) is 95.0 Å². The normalized spacial score (nSPS) is 16.9. The molecule has 1 atom stereocenters. The first-order valence-electron chi connectivity index (χ1n) is 7.94. The highest BCUT2D eigenvalue weighted by Crippen LogP contribution is 2.48. The number of hydrogen-bond donors (Lipinski definition) is 0. The maximum Gasteiger partial charge on any atom is 0.0784 e. The molecule has 1 nitrogen and oxygen atoms in total. The first-order chi connectivity index (χ1) is 11.8. The third-order valence-electron chi connectivity index (χ3n) is 4.12. The summed E-state index contributed by atoms with van der Waals surface area (Å²) in [7, 11) is 0. The van der Waals surface area contributed by atoms with E-state index >= 15 is 0 Å². The Labute approximate surface area is 151 Å². The number of fused-ring (bicyclic) bond motifs is 1. The highest BCUT2D eigenvalue weighted by atomic mass is 35.5. The lowest BCUT2D eigenvalue weighted by Gasteiger charge is -2.16. The molecule has 24 heavy (non-hydrogen) atoms. The Morgan fingerprint density at radius 1 is 0.833 bits per heavy atom. The molecule has 0 saturated carbocycles. The van der Waals surface area contributed by atoms with Crippen molar-refractivity contribution in [1.82, 2.24) is 0 Å². The van der Waals surface area contributed by atoms with Gasteiger partial charge in [0.25, 0.3) is 0 Å². The quantitative estimate of drug-likeness (QED) is 0.501. The Morgan fingerprint density at radius 2 is 1.54 bits per heavy atom. The van der Waals surface area contributed by atoms with Crippen LogP contribution in [0, 0.1) is 0 Å². The van der Waals surface area contributed by atoms with Crippen LogP contribution in [0.2, 0.25) is 5.02 Å². The summed E-state index contributed by atoms with van der Waals surface area (Å²) in [6.45, 7) is 0. The lowest BCUT2D eigenvalue weighted by molar-refractivity contribution is 1.01. The van der Waals surface area contributed by atoms with Crippen LogP contribution in [0.5, 0.6) is 0 Å². The minimum atomic E-state index is 0.298. The van der Waals surface area contributed by atoms with Crippen LogP contribution in [0.3, 0.4) is 0 Å². The Hall–Kier alpha value is -2.03. The maximum absolute atomic E-state index is 6.47. The van der Waals surface area contributed by atoms with Gasteiger partial charge in [-0.25, -0.2) is 0 Å². The predicted molar refractivity (Wildman–Crippen MR) is 104 cm³/mol. The third kappa shape index (κ3) is 3.12. The molecular formula is C21H16ClNS. The molecule has 0 saturated heterocycles. The summed E-state index contributed by atoms with van der Waals surface area (Å²) < 4.78 is 0. The molecule has 0 N–H and O–H groups in total. The van der Waals surface area contributed by atoms with Gasteiger partial charge in [-0.05, 0) is 23.3 Å². The molecule has 0 bridgehead atoms. The molecule has 118 valence electrons. The maximum atomic E-state index is 6.47. The summed E-state index contributed by atoms with van der Waals surface area (Å²) in [5.41, 5.74) is 4.55. The zero-order valence-electron chi connectivity index (χ0n) is 13.0. The first-order valence-corrected chi connectivity index (χ1v) is 9.20. The summed E-state index contributed by atoms with van der Waals surface area (Å²) in [6, 6.07) is 27.0. The van der Waals surface area contributed by atoms with Gasteiger partial charge in [-0.1, -0.05) is 78.3 Å². The standard InChI is InChI=1S/C21H16ClNS/c22-17-12-7-13-18-21(17)24-20(16-10-5-2-6-11-16)14-19(23-18)15-8-3-1-4-9-15/h1-13,20H,14H2. The monoisotopic (exact) mass is 349 g/mol. The van der Waals surface area contributed by atoms with Gasteiger partial charge in [0.15, 0.2) is 0 Å². The van der Waals surface area contributed by atoms with Crippen LogP contribution >= 0.6 is 23.4 Å². The van der Waals surface area contributed by atoms with Gasteiger partial charge in [0.1, 0.15) is 0 Å². The van der Waals surface area contributed by atoms with E-state index in [4.69, 9.17) is 16.6 Å². The number of aliphatic imine (C=N–C) groups is 1. The van der Waals surface area contributed by atoms with E-state index < -0.39 is 0 Å². The fraction of sp³-hybridized carbons (Fsp3) is 0.0952. The lowest BCUT2D eigenvalue weighted by atomic mass is 10.0. The van der Waals surface area contributed by atoms with E-state index in [1.165, 1.54) is 11.1 Å². The van der Waals surface area contributed by atoms with E-state index in [2.05, 4.69) is 54.6 Å². The van der Waals surface area contributed by atoms with Crippen LogP contribution in [-0.2, 0) is 0 Å². The SMILES string of the molecule is Clc1cccc2c1SC(c1ccccc1)CC(c1ccccc1)=N2. The van der Waals surface area contributed by atoms with Crippen molar-refractivity contribution in [2.24, 2.45) is 4.99 Å². The van der Waals surface area contributed by atoms with Gasteiger partial charge in [0, 0.05) is 17.4 Å². The van der Waals surface area contributed by atoms with E-state index in [0.717, 1.165) is 27.7 Å². The molecule has 1 aliphatic rings. The number of hydrogen-bond acceptors (Lipinski definition) is 2.